The first-order valence-electron chi connectivity index (χ1n) is 9.72. The smallest absolute Gasteiger partial charge is 0.259 e. The summed E-state index contributed by atoms with van der Waals surface area (Å²) < 4.78 is 0. The van der Waals surface area contributed by atoms with Crippen molar-refractivity contribution in [1.29, 1.82) is 0 Å². The minimum Gasteiger partial charge on any atom is -0.353 e. The summed E-state index contributed by atoms with van der Waals surface area (Å²) in [5, 5.41) is 0. The average Bonchev–Trinajstić information content (AvgIpc) is 3.23. The highest BCUT2D eigenvalue weighted by Gasteiger charge is 2.29. The van der Waals surface area contributed by atoms with E-state index in [9.17, 15) is 4.79 Å². The van der Waals surface area contributed by atoms with Crippen molar-refractivity contribution in [1.82, 2.24) is 14.9 Å². The maximum Gasteiger partial charge on any atom is 0.259 e. The highest BCUT2D eigenvalue weighted by molar-refractivity contribution is 5.99. The summed E-state index contributed by atoms with van der Waals surface area (Å²) in [5.74, 6) is 1.58. The molecule has 3 heterocycles. The lowest BCUT2D eigenvalue weighted by Crippen LogP contribution is -2.40. The van der Waals surface area contributed by atoms with Gasteiger partial charge in [-0.05, 0) is 39.0 Å². The van der Waals surface area contributed by atoms with Gasteiger partial charge < -0.3 is 9.80 Å². The molecule has 0 radical (unpaired) electrons. The molecule has 0 spiro atoms. The molecule has 1 atom stereocenters. The molecule has 2 aliphatic rings. The maximum absolute atomic E-state index is 13.1. The quantitative estimate of drug-likeness (QED) is 0.846. The van der Waals surface area contributed by atoms with Crippen molar-refractivity contribution in [3.05, 3.63) is 42.1 Å². The Kier molecular flexibility index (Phi) is 4.87. The van der Waals surface area contributed by atoms with E-state index in [0.29, 0.717) is 17.4 Å². The van der Waals surface area contributed by atoms with Gasteiger partial charge in [0.15, 0.2) is 5.82 Å². The van der Waals surface area contributed by atoms with Gasteiger partial charge in [0.2, 0.25) is 0 Å². The van der Waals surface area contributed by atoms with Gasteiger partial charge in [0, 0.05) is 37.4 Å². The molecule has 0 bridgehead atoms. The van der Waals surface area contributed by atoms with E-state index in [4.69, 9.17) is 4.98 Å². The summed E-state index contributed by atoms with van der Waals surface area (Å²) in [6.07, 6.45) is 7.44. The van der Waals surface area contributed by atoms with Crippen LogP contribution in [0.1, 0.15) is 49.4 Å². The lowest BCUT2D eigenvalue weighted by molar-refractivity contribution is 0.0792. The number of amides is 1. The van der Waals surface area contributed by atoms with Crippen LogP contribution >= 0.6 is 0 Å². The second-order valence-corrected chi connectivity index (χ2v) is 7.33. The second kappa shape index (κ2) is 7.44. The molecule has 1 amide bonds. The van der Waals surface area contributed by atoms with E-state index in [1.54, 1.807) is 6.20 Å². The van der Waals surface area contributed by atoms with E-state index in [1.165, 1.54) is 6.42 Å². The lowest BCUT2D eigenvalue weighted by atomic mass is 10.0. The van der Waals surface area contributed by atoms with E-state index in [0.717, 1.165) is 56.7 Å². The van der Waals surface area contributed by atoms with Gasteiger partial charge in [0.05, 0.1) is 0 Å². The molecule has 136 valence electrons. The largest absolute Gasteiger partial charge is 0.353 e. The van der Waals surface area contributed by atoms with E-state index in [-0.39, 0.29) is 5.91 Å². The van der Waals surface area contributed by atoms with E-state index in [1.807, 2.05) is 35.2 Å². The SMILES string of the molecule is CC1CCCCN1c1nc(-c2ccccc2)ncc1C(=O)N1CCCC1. The summed E-state index contributed by atoms with van der Waals surface area (Å²) in [6.45, 7) is 4.86. The van der Waals surface area contributed by atoms with Crippen molar-refractivity contribution < 1.29 is 4.79 Å². The van der Waals surface area contributed by atoms with Crippen LogP contribution in [0.5, 0.6) is 0 Å². The Morgan fingerprint density at radius 3 is 2.50 bits per heavy atom. The predicted molar refractivity (Wildman–Crippen MR) is 103 cm³/mol. The zero-order chi connectivity index (χ0) is 17.9. The van der Waals surface area contributed by atoms with Crippen molar-refractivity contribution in [2.24, 2.45) is 0 Å². The average molecular weight is 350 g/mol. The topological polar surface area (TPSA) is 49.3 Å². The molecular weight excluding hydrogens is 324 g/mol. The van der Waals surface area contributed by atoms with Gasteiger partial charge in [-0.3, -0.25) is 4.79 Å². The third-order valence-corrected chi connectivity index (χ3v) is 5.50. The molecule has 2 aliphatic heterocycles. The number of hydrogen-bond donors (Lipinski definition) is 0. The molecule has 1 unspecified atom stereocenters. The van der Waals surface area contributed by atoms with Crippen LogP contribution in [-0.4, -0.2) is 46.5 Å². The number of likely N-dealkylation sites (tertiary alicyclic amines) is 1. The molecule has 0 N–H and O–H groups in total. The van der Waals surface area contributed by atoms with Crippen molar-refractivity contribution >= 4 is 11.7 Å². The summed E-state index contributed by atoms with van der Waals surface area (Å²) in [6, 6.07) is 10.4. The molecule has 5 heteroatoms. The number of benzene rings is 1. The van der Waals surface area contributed by atoms with Crippen molar-refractivity contribution in [3.63, 3.8) is 0 Å². The van der Waals surface area contributed by atoms with Crippen LogP contribution in [0.2, 0.25) is 0 Å². The third-order valence-electron chi connectivity index (χ3n) is 5.50. The Balaban J connectivity index is 1.76. The van der Waals surface area contributed by atoms with E-state index < -0.39 is 0 Å². The highest BCUT2D eigenvalue weighted by Crippen LogP contribution is 2.29. The van der Waals surface area contributed by atoms with Crippen LogP contribution in [0.3, 0.4) is 0 Å². The van der Waals surface area contributed by atoms with Crippen LogP contribution in [0.25, 0.3) is 11.4 Å². The lowest BCUT2D eigenvalue weighted by Gasteiger charge is -2.35. The molecule has 26 heavy (non-hydrogen) atoms. The van der Waals surface area contributed by atoms with Gasteiger partial charge in [0.1, 0.15) is 11.4 Å². The predicted octanol–water partition coefficient (Wildman–Crippen LogP) is 3.76. The minimum atomic E-state index is 0.0786. The fourth-order valence-corrected chi connectivity index (χ4v) is 3.97. The molecule has 2 aromatic rings. The number of aromatic nitrogens is 2. The summed E-state index contributed by atoms with van der Waals surface area (Å²) >= 11 is 0. The Morgan fingerprint density at radius 2 is 1.77 bits per heavy atom. The first-order valence-corrected chi connectivity index (χ1v) is 9.72. The van der Waals surface area contributed by atoms with Gasteiger partial charge in [-0.25, -0.2) is 9.97 Å². The Bertz CT molecular complexity index is 771. The van der Waals surface area contributed by atoms with Crippen LogP contribution in [0.4, 0.5) is 5.82 Å². The van der Waals surface area contributed by atoms with Gasteiger partial charge in [-0.1, -0.05) is 30.3 Å². The molecule has 1 aromatic heterocycles. The van der Waals surface area contributed by atoms with E-state index >= 15 is 0 Å². The molecule has 2 fully saturated rings. The fraction of sp³-hybridized carbons (Fsp3) is 0.476. The number of rotatable bonds is 3. The summed E-state index contributed by atoms with van der Waals surface area (Å²) in [4.78, 5) is 26.7. The standard InChI is InChI=1S/C21H26N4O/c1-16-9-5-6-14-25(16)20-18(21(26)24-12-7-8-13-24)15-22-19(23-20)17-10-3-2-4-11-17/h2-4,10-11,15-16H,5-9,12-14H2,1H3. The van der Waals surface area contributed by atoms with Gasteiger partial charge in [0.25, 0.3) is 5.91 Å². The van der Waals surface area contributed by atoms with Crippen molar-refractivity contribution in [3.8, 4) is 11.4 Å². The molecule has 1 aromatic carbocycles. The summed E-state index contributed by atoms with van der Waals surface area (Å²) in [5.41, 5.74) is 1.64. The normalized spacial score (nSPS) is 20.4. The molecule has 0 saturated carbocycles. The monoisotopic (exact) mass is 350 g/mol. The number of carbonyl (C=O) groups excluding carboxylic acids is 1. The van der Waals surface area contributed by atoms with Gasteiger partial charge >= 0.3 is 0 Å². The first kappa shape index (κ1) is 17.0. The van der Waals surface area contributed by atoms with Gasteiger partial charge in [-0.15, -0.1) is 0 Å². The number of carbonyl (C=O) groups is 1. The van der Waals surface area contributed by atoms with Crippen LogP contribution in [0.15, 0.2) is 36.5 Å². The van der Waals surface area contributed by atoms with Crippen molar-refractivity contribution in [2.45, 2.75) is 45.1 Å². The zero-order valence-corrected chi connectivity index (χ0v) is 15.4. The van der Waals surface area contributed by atoms with E-state index in [2.05, 4.69) is 16.8 Å². The molecule has 4 rings (SSSR count). The number of hydrogen-bond acceptors (Lipinski definition) is 4. The Hall–Kier alpha value is -2.43. The second-order valence-electron chi connectivity index (χ2n) is 7.33. The molecule has 5 nitrogen and oxygen atoms in total. The molecule has 0 aliphatic carbocycles. The maximum atomic E-state index is 13.1. The van der Waals surface area contributed by atoms with Gasteiger partial charge in [-0.2, -0.15) is 0 Å². The first-order chi connectivity index (χ1) is 12.7. The zero-order valence-electron chi connectivity index (χ0n) is 15.4. The molecule has 2 saturated heterocycles. The minimum absolute atomic E-state index is 0.0786. The number of anilines is 1. The fourth-order valence-electron chi connectivity index (χ4n) is 3.97. The highest BCUT2D eigenvalue weighted by atomic mass is 16.2. The van der Waals surface area contributed by atoms with Crippen LogP contribution in [-0.2, 0) is 0 Å². The number of nitrogens with zero attached hydrogens (tertiary/aromatic N) is 4. The summed E-state index contributed by atoms with van der Waals surface area (Å²) in [7, 11) is 0. The van der Waals surface area contributed by atoms with Crippen LogP contribution in [0, 0.1) is 0 Å². The molecular formula is C21H26N4O. The number of piperidine rings is 1. The Labute approximate surface area is 155 Å². The van der Waals surface area contributed by atoms with Crippen LogP contribution < -0.4 is 4.90 Å². The Morgan fingerprint density at radius 1 is 1.04 bits per heavy atom. The van der Waals surface area contributed by atoms with Crippen molar-refractivity contribution in [2.75, 3.05) is 24.5 Å². The third kappa shape index (κ3) is 3.30.